The van der Waals surface area contributed by atoms with Crippen LogP contribution < -0.4 is 9.88 Å². The average Bonchev–Trinajstić information content (AvgIpc) is 3.43. The third kappa shape index (κ3) is 7.61. The molecule has 0 fully saturated rings. The van der Waals surface area contributed by atoms with Crippen molar-refractivity contribution in [3.63, 3.8) is 0 Å². The number of hydrogen-bond donors (Lipinski definition) is 1. The Labute approximate surface area is 249 Å². The molecule has 0 bridgehead atoms. The maximum Gasteiger partial charge on any atom is 0.410 e. The SMILES string of the molecule is Cc1n(C(C)OC(=O)NCCCCCCCC(=O)OC(C)(C)C)cc[n+]1CC1CCc2c(c3ccccc3n2C)C1=O. The number of nitrogens with one attached hydrogen (secondary N) is 1. The van der Waals surface area contributed by atoms with Gasteiger partial charge in [0, 0.05) is 56.0 Å². The molecular weight excluding hydrogens is 532 g/mol. The number of esters is 1. The maximum absolute atomic E-state index is 13.6. The number of alkyl carbamates (subject to hydrolysis) is 1. The van der Waals surface area contributed by atoms with Crippen LogP contribution in [-0.4, -0.2) is 39.1 Å². The van der Waals surface area contributed by atoms with Gasteiger partial charge in [-0.15, -0.1) is 0 Å². The first-order valence-corrected chi connectivity index (χ1v) is 15.3. The third-order valence-corrected chi connectivity index (χ3v) is 8.10. The van der Waals surface area contributed by atoms with Crippen molar-refractivity contribution in [2.24, 2.45) is 13.0 Å². The van der Waals surface area contributed by atoms with Crippen LogP contribution in [0, 0.1) is 12.8 Å². The van der Waals surface area contributed by atoms with Crippen LogP contribution in [0.2, 0.25) is 0 Å². The fourth-order valence-electron chi connectivity index (χ4n) is 5.93. The molecule has 2 heterocycles. The number of Topliss-reactive ketones (excluding diaryl/α,β-unsaturated/α-hetero) is 1. The number of ketones is 1. The van der Waals surface area contributed by atoms with E-state index in [9.17, 15) is 14.4 Å². The first-order valence-electron chi connectivity index (χ1n) is 15.3. The number of para-hydroxylation sites is 1. The second-order valence-corrected chi connectivity index (χ2v) is 12.4. The lowest BCUT2D eigenvalue weighted by atomic mass is 9.85. The van der Waals surface area contributed by atoms with Crippen LogP contribution in [0.25, 0.3) is 10.9 Å². The average molecular weight is 580 g/mol. The van der Waals surface area contributed by atoms with Gasteiger partial charge in [-0.2, -0.15) is 4.57 Å². The number of ether oxygens (including phenoxy) is 2. The number of aromatic nitrogens is 3. The van der Waals surface area contributed by atoms with Gasteiger partial charge >= 0.3 is 12.1 Å². The predicted octanol–water partition coefficient (Wildman–Crippen LogP) is 5.95. The topological polar surface area (TPSA) is 95.4 Å². The van der Waals surface area contributed by atoms with Crippen molar-refractivity contribution in [1.29, 1.82) is 0 Å². The first-order chi connectivity index (χ1) is 20.0. The number of imidazole rings is 1. The van der Waals surface area contributed by atoms with Crippen molar-refractivity contribution in [3.8, 4) is 0 Å². The van der Waals surface area contributed by atoms with Crippen molar-refractivity contribution in [1.82, 2.24) is 14.5 Å². The van der Waals surface area contributed by atoms with Crippen molar-refractivity contribution in [3.05, 3.63) is 53.7 Å². The molecule has 2 atom stereocenters. The number of fused-ring (bicyclic) bond motifs is 3. The minimum Gasteiger partial charge on any atom is -0.460 e. The summed E-state index contributed by atoms with van der Waals surface area (Å²) in [5.41, 5.74) is 2.67. The number of aryl methyl sites for hydroxylation is 1. The second-order valence-electron chi connectivity index (χ2n) is 12.4. The normalized spacial score (nSPS) is 15.9. The van der Waals surface area contributed by atoms with Crippen molar-refractivity contribution >= 4 is 28.7 Å². The van der Waals surface area contributed by atoms with Crippen molar-refractivity contribution < 1.29 is 28.4 Å². The molecule has 2 aromatic heterocycles. The number of amides is 1. The first kappa shape index (κ1) is 31.3. The van der Waals surface area contributed by atoms with E-state index in [-0.39, 0.29) is 17.7 Å². The minimum atomic E-state index is -0.481. The Hall–Kier alpha value is -3.62. The Morgan fingerprint density at radius 3 is 2.60 bits per heavy atom. The van der Waals surface area contributed by atoms with Gasteiger partial charge in [-0.1, -0.05) is 37.5 Å². The molecule has 42 heavy (non-hydrogen) atoms. The molecule has 1 N–H and O–H groups in total. The Morgan fingerprint density at radius 2 is 1.83 bits per heavy atom. The third-order valence-electron chi connectivity index (χ3n) is 8.10. The Morgan fingerprint density at radius 1 is 1.12 bits per heavy atom. The summed E-state index contributed by atoms with van der Waals surface area (Å²) in [6, 6.07) is 8.12. The minimum absolute atomic E-state index is 0.0975. The molecule has 1 aliphatic rings. The van der Waals surface area contributed by atoms with Crippen LogP contribution in [-0.2, 0) is 34.3 Å². The molecule has 2 unspecified atom stereocenters. The fraction of sp³-hybridized carbons (Fsp3) is 0.576. The van der Waals surface area contributed by atoms with E-state index in [1.807, 2.05) is 76.8 Å². The number of hydrogen-bond acceptors (Lipinski definition) is 5. The molecule has 1 aliphatic carbocycles. The summed E-state index contributed by atoms with van der Waals surface area (Å²) < 4.78 is 17.1. The highest BCUT2D eigenvalue weighted by atomic mass is 16.6. The molecule has 1 aromatic carbocycles. The standard InChI is InChI=1S/C33H46N4O5/c1-23-36(22-25-17-18-28-30(31(25)39)26-14-11-12-15-27(26)35(28)6)20-21-37(23)24(2)41-32(40)34-19-13-9-7-8-10-16-29(38)42-33(3,4)5/h11-12,14-15,20-21,24-25H,7-10,13,16-19,22H2,1-6H3/p+1. The van der Waals surface area contributed by atoms with Gasteiger partial charge in [0.05, 0.1) is 5.92 Å². The van der Waals surface area contributed by atoms with Crippen molar-refractivity contribution in [2.45, 2.75) is 104 Å². The van der Waals surface area contributed by atoms with Crippen molar-refractivity contribution in [2.75, 3.05) is 6.54 Å². The molecule has 0 saturated heterocycles. The molecule has 4 rings (SSSR count). The van der Waals surface area contributed by atoms with E-state index in [0.29, 0.717) is 19.5 Å². The Balaban J connectivity index is 1.19. The van der Waals surface area contributed by atoms with Gasteiger partial charge in [0.25, 0.3) is 5.82 Å². The highest BCUT2D eigenvalue weighted by Gasteiger charge is 2.34. The zero-order valence-electron chi connectivity index (χ0n) is 26.1. The summed E-state index contributed by atoms with van der Waals surface area (Å²) in [5, 5.41) is 3.88. The van der Waals surface area contributed by atoms with E-state index in [2.05, 4.69) is 20.5 Å². The lowest BCUT2D eigenvalue weighted by Gasteiger charge is -2.21. The summed E-state index contributed by atoms with van der Waals surface area (Å²) in [6.45, 7) is 10.6. The van der Waals surface area contributed by atoms with Crippen LogP contribution in [0.15, 0.2) is 36.7 Å². The highest BCUT2D eigenvalue weighted by molar-refractivity contribution is 6.11. The van der Waals surface area contributed by atoms with Crippen LogP contribution in [0.1, 0.15) is 101 Å². The monoisotopic (exact) mass is 579 g/mol. The van der Waals surface area contributed by atoms with Gasteiger partial charge in [-0.25, -0.2) is 9.36 Å². The molecule has 0 aliphatic heterocycles. The molecule has 1 amide bonds. The zero-order valence-corrected chi connectivity index (χ0v) is 26.1. The van der Waals surface area contributed by atoms with Crippen LogP contribution in [0.4, 0.5) is 4.79 Å². The van der Waals surface area contributed by atoms with E-state index in [0.717, 1.165) is 72.9 Å². The van der Waals surface area contributed by atoms with E-state index in [1.54, 1.807) is 0 Å². The lowest BCUT2D eigenvalue weighted by Crippen LogP contribution is -2.43. The van der Waals surface area contributed by atoms with Gasteiger partial charge in [0.1, 0.15) is 24.5 Å². The van der Waals surface area contributed by atoms with E-state index >= 15 is 0 Å². The Kier molecular flexibility index (Phi) is 10.1. The molecule has 3 aromatic rings. The smallest absolute Gasteiger partial charge is 0.410 e. The maximum atomic E-state index is 13.6. The summed E-state index contributed by atoms with van der Waals surface area (Å²) in [7, 11) is 2.04. The number of benzene rings is 1. The molecule has 9 nitrogen and oxygen atoms in total. The number of carbonyl (C=O) groups excluding carboxylic acids is 3. The van der Waals surface area contributed by atoms with E-state index in [1.165, 1.54) is 0 Å². The summed E-state index contributed by atoms with van der Waals surface area (Å²) >= 11 is 0. The highest BCUT2D eigenvalue weighted by Crippen LogP contribution is 2.34. The largest absolute Gasteiger partial charge is 0.460 e. The molecule has 9 heteroatoms. The second kappa shape index (κ2) is 13.6. The molecule has 0 spiro atoms. The van der Waals surface area contributed by atoms with E-state index < -0.39 is 17.9 Å². The summed E-state index contributed by atoms with van der Waals surface area (Å²) in [6.07, 6.45) is 9.68. The Bertz CT molecular complexity index is 1410. The van der Waals surface area contributed by atoms with Gasteiger partial charge in [0.2, 0.25) is 6.23 Å². The number of unbranched alkanes of at least 4 members (excludes halogenated alkanes) is 4. The van der Waals surface area contributed by atoms with Gasteiger partial charge in [-0.3, -0.25) is 9.59 Å². The fourth-order valence-corrected chi connectivity index (χ4v) is 5.93. The summed E-state index contributed by atoms with van der Waals surface area (Å²) in [5.74, 6) is 0.892. The molecule has 0 saturated carbocycles. The van der Waals surface area contributed by atoms with Gasteiger partial charge in [0.15, 0.2) is 5.78 Å². The zero-order chi connectivity index (χ0) is 30.4. The van der Waals surface area contributed by atoms with Gasteiger partial charge < -0.3 is 19.4 Å². The molecular formula is C33H47N4O5+. The van der Waals surface area contributed by atoms with E-state index in [4.69, 9.17) is 9.47 Å². The quantitative estimate of drug-likeness (QED) is 0.163. The predicted molar refractivity (Wildman–Crippen MR) is 161 cm³/mol. The van der Waals surface area contributed by atoms with Crippen LogP contribution >= 0.6 is 0 Å². The molecule has 0 radical (unpaired) electrons. The summed E-state index contributed by atoms with van der Waals surface area (Å²) in [4.78, 5) is 37.8. The van der Waals surface area contributed by atoms with Gasteiger partial charge in [-0.05, 0) is 52.5 Å². The molecule has 228 valence electrons. The number of nitrogens with zero attached hydrogens (tertiary/aromatic N) is 3. The van der Waals surface area contributed by atoms with Crippen LogP contribution in [0.5, 0.6) is 0 Å². The lowest BCUT2D eigenvalue weighted by molar-refractivity contribution is -0.706. The number of rotatable bonds is 12. The van der Waals surface area contributed by atoms with Crippen LogP contribution in [0.3, 0.4) is 0 Å². The number of carbonyl (C=O) groups is 3.